The van der Waals surface area contributed by atoms with Crippen LogP contribution in [0.15, 0.2) is 11.2 Å². The largest absolute Gasteiger partial charge is 0.330 e. The summed E-state index contributed by atoms with van der Waals surface area (Å²) in [7, 11) is 0. The maximum Gasteiger partial charge on any atom is 0.129 e. The lowest BCUT2D eigenvalue weighted by atomic mass is 10.2. The van der Waals surface area contributed by atoms with Crippen LogP contribution in [0.2, 0.25) is 0 Å². The molecule has 1 aromatic rings. The summed E-state index contributed by atoms with van der Waals surface area (Å²) in [6.45, 7) is 2.71. The van der Waals surface area contributed by atoms with Crippen molar-refractivity contribution in [2.24, 2.45) is 5.73 Å². The van der Waals surface area contributed by atoms with E-state index in [0.29, 0.717) is 6.54 Å². The summed E-state index contributed by atoms with van der Waals surface area (Å²) in [5, 5.41) is 1.07. The molecule has 0 fully saturated rings. The summed E-state index contributed by atoms with van der Waals surface area (Å²) in [6, 6.07) is 0. The molecule has 0 spiro atoms. The number of thioether (sulfide) groups is 1. The van der Waals surface area contributed by atoms with Crippen molar-refractivity contribution < 1.29 is 0 Å². The van der Waals surface area contributed by atoms with Gasteiger partial charge >= 0.3 is 0 Å². The molecular weight excluding hydrogens is 182 g/mol. The lowest BCUT2D eigenvalue weighted by Gasteiger charge is -2.05. The van der Waals surface area contributed by atoms with Crippen molar-refractivity contribution in [2.45, 2.75) is 24.8 Å². The molecule has 2 N–H and O–H groups in total. The second-order valence-corrected chi connectivity index (χ2v) is 3.51. The van der Waals surface area contributed by atoms with Crippen LogP contribution in [-0.2, 0) is 12.8 Å². The summed E-state index contributed by atoms with van der Waals surface area (Å²) in [5.41, 5.74) is 6.65. The van der Waals surface area contributed by atoms with Gasteiger partial charge in [0.1, 0.15) is 10.9 Å². The number of hydrogen-bond donors (Lipinski definition) is 1. The molecule has 13 heavy (non-hydrogen) atoms. The first-order chi connectivity index (χ1) is 6.31. The van der Waals surface area contributed by atoms with Gasteiger partial charge in [-0.05, 0) is 19.2 Å². The molecular formula is C9H15N3S. The van der Waals surface area contributed by atoms with Gasteiger partial charge in [0, 0.05) is 18.2 Å². The van der Waals surface area contributed by atoms with E-state index >= 15 is 0 Å². The summed E-state index contributed by atoms with van der Waals surface area (Å²) in [5.74, 6) is 0.908. The summed E-state index contributed by atoms with van der Waals surface area (Å²) < 4.78 is 0. The third kappa shape index (κ3) is 2.67. The number of aryl methyl sites for hydroxylation is 1. The van der Waals surface area contributed by atoms with Crippen molar-refractivity contribution >= 4 is 11.8 Å². The Morgan fingerprint density at radius 2 is 2.31 bits per heavy atom. The Morgan fingerprint density at radius 1 is 1.54 bits per heavy atom. The molecule has 0 saturated heterocycles. The van der Waals surface area contributed by atoms with Crippen molar-refractivity contribution in [1.29, 1.82) is 0 Å². The number of rotatable bonds is 4. The second kappa shape index (κ2) is 5.19. The molecule has 0 aromatic carbocycles. The van der Waals surface area contributed by atoms with E-state index in [1.807, 2.05) is 12.5 Å². The Morgan fingerprint density at radius 3 is 2.85 bits per heavy atom. The van der Waals surface area contributed by atoms with Crippen molar-refractivity contribution in [1.82, 2.24) is 9.97 Å². The Bertz CT molecular complexity index is 276. The van der Waals surface area contributed by atoms with Crippen molar-refractivity contribution in [3.63, 3.8) is 0 Å². The van der Waals surface area contributed by atoms with Gasteiger partial charge in [-0.15, -0.1) is 11.8 Å². The molecule has 0 aliphatic rings. The lowest BCUT2D eigenvalue weighted by Crippen LogP contribution is -2.06. The average Bonchev–Trinajstić information content (AvgIpc) is 2.19. The van der Waals surface area contributed by atoms with Gasteiger partial charge in [-0.2, -0.15) is 0 Å². The normalized spacial score (nSPS) is 10.4. The first-order valence-corrected chi connectivity index (χ1v) is 5.63. The highest BCUT2D eigenvalue weighted by Crippen LogP contribution is 2.17. The fourth-order valence-electron chi connectivity index (χ4n) is 1.10. The van der Waals surface area contributed by atoms with Gasteiger partial charge in [0.15, 0.2) is 0 Å². The Hall–Kier alpha value is -0.610. The van der Waals surface area contributed by atoms with E-state index in [2.05, 4.69) is 16.9 Å². The average molecular weight is 197 g/mol. The molecule has 1 aromatic heterocycles. The molecule has 0 aliphatic carbocycles. The minimum atomic E-state index is 0.655. The predicted octanol–water partition coefficient (Wildman–Crippen LogP) is 1.26. The third-order valence-corrected chi connectivity index (χ3v) is 2.54. The van der Waals surface area contributed by atoms with E-state index in [4.69, 9.17) is 5.73 Å². The van der Waals surface area contributed by atoms with E-state index in [1.165, 1.54) is 0 Å². The highest BCUT2D eigenvalue weighted by atomic mass is 32.2. The number of nitrogens with two attached hydrogens (primary N) is 1. The van der Waals surface area contributed by atoms with Crippen LogP contribution < -0.4 is 5.73 Å². The molecule has 0 unspecified atom stereocenters. The zero-order valence-electron chi connectivity index (χ0n) is 8.08. The van der Waals surface area contributed by atoms with Crippen molar-refractivity contribution in [2.75, 3.05) is 12.8 Å². The Kier molecular flexibility index (Phi) is 4.18. The minimum Gasteiger partial charge on any atom is -0.330 e. The molecule has 1 heterocycles. The first-order valence-electron chi connectivity index (χ1n) is 4.40. The fourth-order valence-corrected chi connectivity index (χ4v) is 1.71. The molecule has 0 amide bonds. The van der Waals surface area contributed by atoms with Gasteiger partial charge in [-0.25, -0.2) is 9.97 Å². The van der Waals surface area contributed by atoms with E-state index in [9.17, 15) is 0 Å². The Balaban J connectivity index is 2.93. The predicted molar refractivity (Wildman–Crippen MR) is 55.9 cm³/mol. The van der Waals surface area contributed by atoms with E-state index in [0.717, 1.165) is 29.3 Å². The van der Waals surface area contributed by atoms with Gasteiger partial charge in [0.25, 0.3) is 0 Å². The van der Waals surface area contributed by atoms with Gasteiger partial charge in [0.05, 0.1) is 0 Å². The molecule has 1 rings (SSSR count). The van der Waals surface area contributed by atoms with Gasteiger partial charge in [-0.1, -0.05) is 6.92 Å². The molecule has 0 aliphatic heterocycles. The van der Waals surface area contributed by atoms with Gasteiger partial charge in [0.2, 0.25) is 0 Å². The van der Waals surface area contributed by atoms with Crippen LogP contribution in [0.1, 0.15) is 18.3 Å². The monoisotopic (exact) mass is 197 g/mol. The highest BCUT2D eigenvalue weighted by Gasteiger charge is 2.03. The number of nitrogens with zero attached hydrogens (tertiary/aromatic N) is 2. The standard InChI is InChI=1S/C9H15N3S/c1-3-8-11-6-7(4-5-10)9(12-8)13-2/h6H,3-5,10H2,1-2H3. The maximum absolute atomic E-state index is 5.49. The quantitative estimate of drug-likeness (QED) is 0.583. The van der Waals surface area contributed by atoms with Crippen LogP contribution in [0.3, 0.4) is 0 Å². The van der Waals surface area contributed by atoms with Crippen LogP contribution in [0, 0.1) is 0 Å². The summed E-state index contributed by atoms with van der Waals surface area (Å²) in [4.78, 5) is 8.67. The van der Waals surface area contributed by atoms with Crippen LogP contribution in [-0.4, -0.2) is 22.8 Å². The van der Waals surface area contributed by atoms with Crippen molar-refractivity contribution in [3.8, 4) is 0 Å². The highest BCUT2D eigenvalue weighted by molar-refractivity contribution is 7.98. The summed E-state index contributed by atoms with van der Waals surface area (Å²) >= 11 is 1.66. The van der Waals surface area contributed by atoms with Crippen LogP contribution in [0.5, 0.6) is 0 Å². The van der Waals surface area contributed by atoms with E-state index in [1.54, 1.807) is 11.8 Å². The molecule has 4 heteroatoms. The summed E-state index contributed by atoms with van der Waals surface area (Å²) in [6.07, 6.45) is 5.67. The molecule has 72 valence electrons. The molecule has 0 bridgehead atoms. The first kappa shape index (κ1) is 10.5. The van der Waals surface area contributed by atoms with Crippen LogP contribution >= 0.6 is 11.8 Å². The Labute approximate surface area is 83.2 Å². The molecule has 0 radical (unpaired) electrons. The zero-order chi connectivity index (χ0) is 9.68. The van der Waals surface area contributed by atoms with Crippen LogP contribution in [0.4, 0.5) is 0 Å². The van der Waals surface area contributed by atoms with Crippen molar-refractivity contribution in [3.05, 3.63) is 17.6 Å². The number of hydrogen-bond acceptors (Lipinski definition) is 4. The third-order valence-electron chi connectivity index (χ3n) is 1.80. The molecule has 3 nitrogen and oxygen atoms in total. The maximum atomic E-state index is 5.49. The topological polar surface area (TPSA) is 51.8 Å². The second-order valence-electron chi connectivity index (χ2n) is 2.71. The van der Waals surface area contributed by atoms with E-state index in [-0.39, 0.29) is 0 Å². The fraction of sp³-hybridized carbons (Fsp3) is 0.556. The molecule has 0 saturated carbocycles. The minimum absolute atomic E-state index is 0.655. The van der Waals surface area contributed by atoms with Gasteiger partial charge < -0.3 is 5.73 Å². The lowest BCUT2D eigenvalue weighted by molar-refractivity contribution is 0.830. The number of aromatic nitrogens is 2. The van der Waals surface area contributed by atoms with Gasteiger partial charge in [-0.3, -0.25) is 0 Å². The van der Waals surface area contributed by atoms with Crippen LogP contribution in [0.25, 0.3) is 0 Å². The smallest absolute Gasteiger partial charge is 0.129 e. The zero-order valence-corrected chi connectivity index (χ0v) is 8.90. The van der Waals surface area contributed by atoms with E-state index < -0.39 is 0 Å². The SMILES string of the molecule is CCc1ncc(CCN)c(SC)n1. The molecule has 0 atom stereocenters.